The number of hydrogen-bond acceptors (Lipinski definition) is 4. The Morgan fingerprint density at radius 3 is 2.40 bits per heavy atom. The van der Waals surface area contributed by atoms with Gasteiger partial charge in [-0.2, -0.15) is 4.31 Å². The van der Waals surface area contributed by atoms with Crippen LogP contribution in [0.3, 0.4) is 0 Å². The van der Waals surface area contributed by atoms with Crippen LogP contribution in [0.25, 0.3) is 0 Å². The van der Waals surface area contributed by atoms with Gasteiger partial charge in [0, 0.05) is 25.6 Å². The molecule has 0 saturated carbocycles. The van der Waals surface area contributed by atoms with Gasteiger partial charge in [0.15, 0.2) is 0 Å². The number of nitrogens with zero attached hydrogens (tertiary/aromatic N) is 2. The summed E-state index contributed by atoms with van der Waals surface area (Å²) in [6, 6.07) is 3.41. The molecule has 168 valence electrons. The lowest BCUT2D eigenvalue weighted by Gasteiger charge is -2.30. The largest absolute Gasteiger partial charge is 0.356 e. The number of carbonyl (C=O) groups excluding carboxylic acids is 1. The van der Waals surface area contributed by atoms with E-state index in [2.05, 4.69) is 10.2 Å². The number of nitrogens with one attached hydrogen (secondary N) is 1. The Hall–Kier alpha value is -1.22. The van der Waals surface area contributed by atoms with Crippen molar-refractivity contribution in [2.45, 2.75) is 49.8 Å². The molecule has 0 radical (unpaired) electrons. The Morgan fingerprint density at radius 2 is 1.77 bits per heavy atom. The third-order valence-corrected chi connectivity index (χ3v) is 8.19. The SMILES string of the molecule is O=C(NCCCN1CCCCCC1)C1CCN(S(=O)(=O)c2ccc(F)c(Cl)c2)CC1. The van der Waals surface area contributed by atoms with Gasteiger partial charge in [0.05, 0.1) is 9.92 Å². The summed E-state index contributed by atoms with van der Waals surface area (Å²) in [4.78, 5) is 14.9. The maximum atomic E-state index is 13.3. The molecule has 30 heavy (non-hydrogen) atoms. The molecule has 2 saturated heterocycles. The van der Waals surface area contributed by atoms with E-state index in [1.165, 1.54) is 36.1 Å². The molecule has 1 aromatic carbocycles. The van der Waals surface area contributed by atoms with Crippen LogP contribution in [0, 0.1) is 11.7 Å². The summed E-state index contributed by atoms with van der Waals surface area (Å²) in [5, 5.41) is 2.80. The first kappa shape index (κ1) is 23.4. The van der Waals surface area contributed by atoms with E-state index in [4.69, 9.17) is 11.6 Å². The minimum absolute atomic E-state index is 0.00717. The summed E-state index contributed by atoms with van der Waals surface area (Å²) in [5.41, 5.74) is 0. The fourth-order valence-corrected chi connectivity index (χ4v) is 5.90. The highest BCUT2D eigenvalue weighted by atomic mass is 35.5. The maximum Gasteiger partial charge on any atom is 0.243 e. The van der Waals surface area contributed by atoms with Crippen LogP contribution >= 0.6 is 11.6 Å². The fourth-order valence-electron chi connectivity index (χ4n) is 4.16. The third kappa shape index (κ3) is 6.15. The quantitative estimate of drug-likeness (QED) is 0.635. The molecule has 0 aliphatic carbocycles. The van der Waals surface area contributed by atoms with E-state index in [0.29, 0.717) is 19.4 Å². The van der Waals surface area contributed by atoms with Crippen molar-refractivity contribution >= 4 is 27.5 Å². The third-order valence-electron chi connectivity index (χ3n) is 6.00. The lowest BCUT2D eigenvalue weighted by molar-refractivity contribution is -0.126. The zero-order chi connectivity index (χ0) is 21.6. The number of benzene rings is 1. The van der Waals surface area contributed by atoms with Crippen molar-refractivity contribution in [3.8, 4) is 0 Å². The number of sulfonamides is 1. The van der Waals surface area contributed by atoms with Crippen molar-refractivity contribution in [2.75, 3.05) is 39.3 Å². The van der Waals surface area contributed by atoms with Gasteiger partial charge in [-0.3, -0.25) is 4.79 Å². The van der Waals surface area contributed by atoms with Gasteiger partial charge in [0.25, 0.3) is 0 Å². The molecule has 2 aliphatic rings. The minimum atomic E-state index is -3.74. The van der Waals surface area contributed by atoms with Crippen LogP contribution < -0.4 is 5.32 Å². The molecule has 2 fully saturated rings. The van der Waals surface area contributed by atoms with Crippen LogP contribution in [0.5, 0.6) is 0 Å². The molecule has 2 heterocycles. The summed E-state index contributed by atoms with van der Waals surface area (Å²) in [6.07, 6.45) is 7.05. The van der Waals surface area contributed by atoms with Crippen LogP contribution in [-0.2, 0) is 14.8 Å². The number of likely N-dealkylation sites (tertiary alicyclic amines) is 1. The topological polar surface area (TPSA) is 69.7 Å². The van der Waals surface area contributed by atoms with Crippen molar-refractivity contribution < 1.29 is 17.6 Å². The lowest BCUT2D eigenvalue weighted by atomic mass is 9.97. The molecule has 0 atom stereocenters. The van der Waals surface area contributed by atoms with Gasteiger partial charge >= 0.3 is 0 Å². The van der Waals surface area contributed by atoms with Gasteiger partial charge in [-0.25, -0.2) is 12.8 Å². The number of rotatable bonds is 7. The summed E-state index contributed by atoms with van der Waals surface area (Å²) in [6.45, 7) is 4.51. The monoisotopic (exact) mass is 459 g/mol. The average molecular weight is 460 g/mol. The lowest BCUT2D eigenvalue weighted by Crippen LogP contribution is -2.43. The van der Waals surface area contributed by atoms with Gasteiger partial charge in [0.1, 0.15) is 5.82 Å². The molecule has 0 aromatic heterocycles. The predicted octanol–water partition coefficient (Wildman–Crippen LogP) is 3.26. The number of hydrogen-bond donors (Lipinski definition) is 1. The van der Waals surface area contributed by atoms with Gasteiger partial charge in [-0.15, -0.1) is 0 Å². The van der Waals surface area contributed by atoms with Gasteiger partial charge < -0.3 is 10.2 Å². The van der Waals surface area contributed by atoms with Crippen molar-refractivity contribution in [2.24, 2.45) is 5.92 Å². The second-order valence-electron chi connectivity index (χ2n) is 8.15. The molecule has 9 heteroatoms. The maximum absolute atomic E-state index is 13.3. The number of carbonyl (C=O) groups is 1. The van der Waals surface area contributed by atoms with Crippen LogP contribution in [-0.4, -0.2) is 62.8 Å². The van der Waals surface area contributed by atoms with E-state index in [-0.39, 0.29) is 34.8 Å². The van der Waals surface area contributed by atoms with E-state index >= 15 is 0 Å². The predicted molar refractivity (Wildman–Crippen MR) is 115 cm³/mol. The van der Waals surface area contributed by atoms with E-state index in [1.54, 1.807) is 0 Å². The average Bonchev–Trinajstić information content (AvgIpc) is 3.02. The van der Waals surface area contributed by atoms with E-state index in [1.807, 2.05) is 0 Å². The van der Waals surface area contributed by atoms with Crippen LogP contribution in [0.2, 0.25) is 5.02 Å². The molecule has 0 unspecified atom stereocenters. The molecule has 0 bridgehead atoms. The highest BCUT2D eigenvalue weighted by Gasteiger charge is 2.32. The van der Waals surface area contributed by atoms with Crippen LogP contribution in [0.4, 0.5) is 4.39 Å². The molecule has 0 spiro atoms. The zero-order valence-corrected chi connectivity index (χ0v) is 18.9. The van der Waals surface area contributed by atoms with E-state index in [0.717, 1.165) is 38.2 Å². The summed E-state index contributed by atoms with van der Waals surface area (Å²) in [7, 11) is -3.74. The Balaban J connectivity index is 1.42. The first-order valence-electron chi connectivity index (χ1n) is 10.8. The smallest absolute Gasteiger partial charge is 0.243 e. The molecule has 3 rings (SSSR count). The van der Waals surface area contributed by atoms with Crippen molar-refractivity contribution in [3.05, 3.63) is 29.0 Å². The normalized spacial score (nSPS) is 20.1. The first-order chi connectivity index (χ1) is 14.4. The zero-order valence-electron chi connectivity index (χ0n) is 17.3. The number of amides is 1. The molecule has 6 nitrogen and oxygen atoms in total. The Labute approximate surface area is 183 Å². The Bertz CT molecular complexity index is 821. The highest BCUT2D eigenvalue weighted by Crippen LogP contribution is 2.26. The fraction of sp³-hybridized carbons (Fsp3) is 0.667. The molecule has 1 N–H and O–H groups in total. The van der Waals surface area contributed by atoms with Crippen molar-refractivity contribution in [1.82, 2.24) is 14.5 Å². The van der Waals surface area contributed by atoms with Gasteiger partial charge in [0.2, 0.25) is 15.9 Å². The second kappa shape index (κ2) is 10.9. The summed E-state index contributed by atoms with van der Waals surface area (Å²) < 4.78 is 40.2. The molecule has 2 aliphatic heterocycles. The molecular weight excluding hydrogens is 429 g/mol. The number of halogens is 2. The molecule has 1 aromatic rings. The van der Waals surface area contributed by atoms with Crippen LogP contribution in [0.1, 0.15) is 44.9 Å². The standard InChI is InChI=1S/C21H31ClFN3O3S/c22-19-16-18(6-7-20(19)23)30(28,29)26-14-8-17(9-15-26)21(27)24-10-5-13-25-11-3-1-2-4-12-25/h6-7,16-17H,1-5,8-15H2,(H,24,27). The van der Waals surface area contributed by atoms with E-state index < -0.39 is 15.8 Å². The van der Waals surface area contributed by atoms with Crippen molar-refractivity contribution in [1.29, 1.82) is 0 Å². The molecule has 1 amide bonds. The first-order valence-corrected chi connectivity index (χ1v) is 12.6. The van der Waals surface area contributed by atoms with Gasteiger partial charge in [-0.1, -0.05) is 24.4 Å². The van der Waals surface area contributed by atoms with Crippen molar-refractivity contribution in [3.63, 3.8) is 0 Å². The Morgan fingerprint density at radius 1 is 1.10 bits per heavy atom. The Kier molecular flexibility index (Phi) is 8.51. The second-order valence-corrected chi connectivity index (χ2v) is 10.5. The number of piperidine rings is 1. The minimum Gasteiger partial charge on any atom is -0.356 e. The van der Waals surface area contributed by atoms with Crippen LogP contribution in [0.15, 0.2) is 23.1 Å². The highest BCUT2D eigenvalue weighted by molar-refractivity contribution is 7.89. The van der Waals surface area contributed by atoms with Gasteiger partial charge in [-0.05, 0) is 69.9 Å². The molecular formula is C21H31ClFN3O3S. The summed E-state index contributed by atoms with van der Waals surface area (Å²) >= 11 is 5.73. The summed E-state index contributed by atoms with van der Waals surface area (Å²) in [5.74, 6) is -0.818. The van der Waals surface area contributed by atoms with E-state index in [9.17, 15) is 17.6 Å².